The molecule has 4 amide bonds. The first-order valence-corrected chi connectivity index (χ1v) is 9.50. The summed E-state index contributed by atoms with van der Waals surface area (Å²) in [7, 11) is 0. The summed E-state index contributed by atoms with van der Waals surface area (Å²) in [5.41, 5.74) is -0.904. The molecule has 1 spiro atoms. The van der Waals surface area contributed by atoms with Crippen LogP contribution in [-0.2, 0) is 9.59 Å². The number of nitrogens with zero attached hydrogens (tertiary/aromatic N) is 2. The van der Waals surface area contributed by atoms with E-state index in [0.29, 0.717) is 41.7 Å². The average Bonchev–Trinajstić information content (AvgIpc) is 2.84. The van der Waals surface area contributed by atoms with Crippen molar-refractivity contribution in [3.05, 3.63) is 28.2 Å². The van der Waals surface area contributed by atoms with Gasteiger partial charge in [0.15, 0.2) is 6.61 Å². The Balaban J connectivity index is 1.57. The highest BCUT2D eigenvalue weighted by Crippen LogP contribution is 2.31. The number of amides is 4. The van der Waals surface area contributed by atoms with Gasteiger partial charge in [0.2, 0.25) is 0 Å². The first-order valence-electron chi connectivity index (χ1n) is 8.75. The predicted octanol–water partition coefficient (Wildman–Crippen LogP) is 2.69. The summed E-state index contributed by atoms with van der Waals surface area (Å²) < 4.78 is 5.48. The lowest BCUT2D eigenvalue weighted by Crippen LogP contribution is -2.56. The molecule has 2 fully saturated rings. The normalized spacial score (nSPS) is 19.0. The van der Waals surface area contributed by atoms with Gasteiger partial charge in [-0.05, 0) is 44.9 Å². The topological polar surface area (TPSA) is 79.0 Å². The van der Waals surface area contributed by atoms with Crippen LogP contribution in [0.2, 0.25) is 10.0 Å². The van der Waals surface area contributed by atoms with Gasteiger partial charge in [0.25, 0.3) is 11.8 Å². The van der Waals surface area contributed by atoms with Crippen molar-refractivity contribution in [2.75, 3.05) is 19.7 Å². The maximum absolute atomic E-state index is 12.7. The third kappa shape index (κ3) is 3.84. The summed E-state index contributed by atoms with van der Waals surface area (Å²) in [4.78, 5) is 40.1. The molecule has 2 aliphatic heterocycles. The molecule has 0 saturated carbocycles. The van der Waals surface area contributed by atoms with Gasteiger partial charge in [-0.1, -0.05) is 23.2 Å². The second-order valence-corrected chi connectivity index (χ2v) is 7.87. The van der Waals surface area contributed by atoms with E-state index < -0.39 is 5.54 Å². The number of piperidine rings is 1. The molecule has 0 radical (unpaired) electrons. The number of rotatable bonds is 4. The fraction of sp³-hybridized carbons (Fsp3) is 0.500. The number of halogens is 2. The average molecular weight is 414 g/mol. The van der Waals surface area contributed by atoms with Crippen molar-refractivity contribution in [3.8, 4) is 5.75 Å². The van der Waals surface area contributed by atoms with Gasteiger partial charge in [-0.2, -0.15) is 0 Å². The maximum atomic E-state index is 12.7. The van der Waals surface area contributed by atoms with Crippen LogP contribution >= 0.6 is 23.2 Å². The highest BCUT2D eigenvalue weighted by atomic mass is 35.5. The largest absolute Gasteiger partial charge is 0.482 e. The van der Waals surface area contributed by atoms with Crippen LogP contribution in [0.5, 0.6) is 5.75 Å². The molecule has 2 heterocycles. The summed E-state index contributed by atoms with van der Waals surface area (Å²) in [6.45, 7) is 4.18. The number of likely N-dealkylation sites (tertiary alicyclic amines) is 1. The molecule has 0 unspecified atom stereocenters. The van der Waals surface area contributed by atoms with Gasteiger partial charge in [-0.25, -0.2) is 4.79 Å². The Hall–Kier alpha value is -1.99. The SMILES string of the molecule is CC(C)N1C(=O)NC2(CCN(C(=O)COc3ccc(Cl)cc3Cl)CC2)C1=O. The van der Waals surface area contributed by atoms with Gasteiger partial charge in [0.05, 0.1) is 5.02 Å². The highest BCUT2D eigenvalue weighted by molar-refractivity contribution is 6.35. The highest BCUT2D eigenvalue weighted by Gasteiger charge is 2.53. The van der Waals surface area contributed by atoms with E-state index in [0.717, 1.165) is 0 Å². The molecular formula is C18H21Cl2N3O4. The maximum Gasteiger partial charge on any atom is 0.325 e. The molecule has 9 heteroatoms. The lowest BCUT2D eigenvalue weighted by Gasteiger charge is -2.37. The molecule has 27 heavy (non-hydrogen) atoms. The van der Waals surface area contributed by atoms with Crippen molar-refractivity contribution in [2.24, 2.45) is 0 Å². The minimum Gasteiger partial charge on any atom is -0.482 e. The third-order valence-corrected chi connectivity index (χ3v) is 5.45. The molecule has 146 valence electrons. The lowest BCUT2D eigenvalue weighted by atomic mass is 9.87. The molecule has 2 saturated heterocycles. The quantitative estimate of drug-likeness (QED) is 0.769. The van der Waals surface area contributed by atoms with Gasteiger partial charge >= 0.3 is 6.03 Å². The Morgan fingerprint density at radius 2 is 1.93 bits per heavy atom. The summed E-state index contributed by atoms with van der Waals surface area (Å²) in [6.07, 6.45) is 0.766. The summed E-state index contributed by atoms with van der Waals surface area (Å²) in [5, 5.41) is 3.64. The van der Waals surface area contributed by atoms with Crippen molar-refractivity contribution in [3.63, 3.8) is 0 Å². The van der Waals surface area contributed by atoms with E-state index in [2.05, 4.69) is 5.32 Å². The van der Waals surface area contributed by atoms with Crippen LogP contribution in [0.1, 0.15) is 26.7 Å². The molecule has 7 nitrogen and oxygen atoms in total. The Labute approximate surface area is 167 Å². The van der Waals surface area contributed by atoms with Crippen LogP contribution in [0.3, 0.4) is 0 Å². The Morgan fingerprint density at radius 1 is 1.26 bits per heavy atom. The monoisotopic (exact) mass is 413 g/mol. The van der Waals surface area contributed by atoms with Crippen molar-refractivity contribution < 1.29 is 19.1 Å². The Morgan fingerprint density at radius 3 is 2.48 bits per heavy atom. The zero-order valence-corrected chi connectivity index (χ0v) is 16.6. The first kappa shape index (κ1) is 19.8. The number of nitrogens with one attached hydrogen (secondary N) is 1. The van der Waals surface area contributed by atoms with Crippen LogP contribution in [0.15, 0.2) is 18.2 Å². The smallest absolute Gasteiger partial charge is 0.325 e. The van der Waals surface area contributed by atoms with E-state index in [4.69, 9.17) is 27.9 Å². The summed E-state index contributed by atoms with van der Waals surface area (Å²) >= 11 is 11.9. The first-order chi connectivity index (χ1) is 12.7. The van der Waals surface area contributed by atoms with Gasteiger partial charge in [-0.3, -0.25) is 14.5 Å². The summed E-state index contributed by atoms with van der Waals surface area (Å²) in [5.74, 6) is -0.0270. The van der Waals surface area contributed by atoms with E-state index in [1.165, 1.54) is 4.90 Å². The van der Waals surface area contributed by atoms with Crippen molar-refractivity contribution >= 4 is 41.0 Å². The molecule has 1 aromatic rings. The van der Waals surface area contributed by atoms with Gasteiger partial charge in [0.1, 0.15) is 11.3 Å². The van der Waals surface area contributed by atoms with E-state index in [-0.39, 0.29) is 30.5 Å². The number of benzene rings is 1. The second-order valence-electron chi connectivity index (χ2n) is 7.03. The van der Waals surface area contributed by atoms with Crippen LogP contribution < -0.4 is 10.1 Å². The van der Waals surface area contributed by atoms with Crippen molar-refractivity contribution in [2.45, 2.75) is 38.3 Å². The van der Waals surface area contributed by atoms with Gasteiger partial charge in [-0.15, -0.1) is 0 Å². The third-order valence-electron chi connectivity index (χ3n) is 4.92. The molecule has 0 aliphatic carbocycles. The number of carbonyl (C=O) groups is 3. The zero-order chi connectivity index (χ0) is 19.8. The predicted molar refractivity (Wildman–Crippen MR) is 101 cm³/mol. The Kier molecular flexibility index (Phi) is 5.53. The number of imide groups is 1. The number of ether oxygens (including phenoxy) is 1. The molecule has 2 aliphatic rings. The van der Waals surface area contributed by atoms with Crippen molar-refractivity contribution in [1.29, 1.82) is 0 Å². The molecular weight excluding hydrogens is 393 g/mol. The van der Waals surface area contributed by atoms with Crippen LogP contribution in [0.25, 0.3) is 0 Å². The molecule has 0 aromatic heterocycles. The lowest BCUT2D eigenvalue weighted by molar-refractivity contribution is -0.140. The minimum atomic E-state index is -0.904. The van der Waals surface area contributed by atoms with Crippen molar-refractivity contribution in [1.82, 2.24) is 15.1 Å². The molecule has 1 N–H and O–H groups in total. The number of hydrogen-bond donors (Lipinski definition) is 1. The van der Waals surface area contributed by atoms with E-state index in [1.807, 2.05) is 0 Å². The van der Waals surface area contributed by atoms with E-state index >= 15 is 0 Å². The molecule has 0 atom stereocenters. The fourth-order valence-electron chi connectivity index (χ4n) is 3.41. The number of carbonyl (C=O) groups excluding carboxylic acids is 3. The second kappa shape index (κ2) is 7.56. The van der Waals surface area contributed by atoms with E-state index in [9.17, 15) is 14.4 Å². The van der Waals surface area contributed by atoms with Gasteiger partial charge < -0.3 is 15.0 Å². The molecule has 1 aromatic carbocycles. The number of hydrogen-bond acceptors (Lipinski definition) is 4. The molecule has 3 rings (SSSR count). The summed E-state index contributed by atoms with van der Waals surface area (Å²) in [6, 6.07) is 4.22. The molecule has 0 bridgehead atoms. The minimum absolute atomic E-state index is 0.160. The van der Waals surface area contributed by atoms with Crippen LogP contribution in [0, 0.1) is 0 Å². The van der Waals surface area contributed by atoms with Gasteiger partial charge in [0, 0.05) is 24.2 Å². The Bertz CT molecular complexity index is 776. The zero-order valence-electron chi connectivity index (χ0n) is 15.1. The van der Waals surface area contributed by atoms with Crippen LogP contribution in [0.4, 0.5) is 4.79 Å². The number of urea groups is 1. The van der Waals surface area contributed by atoms with Crippen LogP contribution in [-0.4, -0.2) is 58.9 Å². The van der Waals surface area contributed by atoms with E-state index in [1.54, 1.807) is 36.9 Å². The standard InChI is InChI=1S/C18H21Cl2N3O4/c1-11(2)23-16(25)18(21-17(23)26)5-7-22(8-6-18)15(24)10-27-14-4-3-12(19)9-13(14)20/h3-4,9,11H,5-8,10H2,1-2H3,(H,21,26). The fourth-order valence-corrected chi connectivity index (χ4v) is 3.87.